The van der Waals surface area contributed by atoms with Gasteiger partial charge in [-0.3, -0.25) is 0 Å². The van der Waals surface area contributed by atoms with Crippen molar-refractivity contribution in [3.8, 4) is 11.6 Å². The van der Waals surface area contributed by atoms with Crippen molar-refractivity contribution in [1.29, 1.82) is 0 Å². The molecule has 0 saturated heterocycles. The SMILES string of the molecule is CCOC(=O)c1cc(OC(F)(F)F)c(CF)c(OC)n1. The first-order chi connectivity index (χ1) is 9.32. The molecule has 0 aliphatic heterocycles. The Hall–Kier alpha value is -2.06. The van der Waals surface area contributed by atoms with Crippen LogP contribution in [0.15, 0.2) is 6.07 Å². The summed E-state index contributed by atoms with van der Waals surface area (Å²) in [7, 11) is 1.08. The number of esters is 1. The fraction of sp³-hybridized carbons (Fsp3) is 0.455. The minimum atomic E-state index is -5.04. The molecule has 1 heterocycles. The molecule has 5 nitrogen and oxygen atoms in total. The molecule has 9 heteroatoms. The van der Waals surface area contributed by atoms with E-state index in [0.29, 0.717) is 6.07 Å². The molecule has 1 aromatic heterocycles. The van der Waals surface area contributed by atoms with Crippen LogP contribution in [-0.4, -0.2) is 31.0 Å². The second-order valence-electron chi connectivity index (χ2n) is 3.40. The minimum Gasteiger partial charge on any atom is -0.481 e. The highest BCUT2D eigenvalue weighted by Gasteiger charge is 2.34. The Morgan fingerprint density at radius 3 is 2.50 bits per heavy atom. The van der Waals surface area contributed by atoms with E-state index in [1.54, 1.807) is 0 Å². The summed E-state index contributed by atoms with van der Waals surface area (Å²) in [5, 5.41) is 0. The number of carbonyl (C=O) groups is 1. The molecular formula is C11H11F4NO4. The van der Waals surface area contributed by atoms with Crippen molar-refractivity contribution >= 4 is 5.97 Å². The third-order valence-electron chi connectivity index (χ3n) is 2.08. The van der Waals surface area contributed by atoms with Crippen LogP contribution in [0.2, 0.25) is 0 Å². The van der Waals surface area contributed by atoms with E-state index in [0.717, 1.165) is 7.11 Å². The van der Waals surface area contributed by atoms with Gasteiger partial charge in [0.25, 0.3) is 0 Å². The van der Waals surface area contributed by atoms with E-state index in [-0.39, 0.29) is 6.61 Å². The summed E-state index contributed by atoms with van der Waals surface area (Å²) < 4.78 is 62.5. The van der Waals surface area contributed by atoms with Gasteiger partial charge in [0, 0.05) is 6.07 Å². The van der Waals surface area contributed by atoms with Crippen LogP contribution in [0, 0.1) is 0 Å². The number of hydrogen-bond acceptors (Lipinski definition) is 5. The zero-order chi connectivity index (χ0) is 15.3. The molecule has 0 saturated carbocycles. The van der Waals surface area contributed by atoms with Gasteiger partial charge in [0.05, 0.1) is 19.3 Å². The lowest BCUT2D eigenvalue weighted by Crippen LogP contribution is -2.19. The Bertz CT molecular complexity index is 490. The first-order valence-electron chi connectivity index (χ1n) is 5.39. The molecule has 0 fully saturated rings. The number of methoxy groups -OCH3 is 1. The van der Waals surface area contributed by atoms with Crippen molar-refractivity contribution in [3.63, 3.8) is 0 Å². The van der Waals surface area contributed by atoms with Crippen LogP contribution in [0.1, 0.15) is 23.0 Å². The summed E-state index contributed by atoms with van der Waals surface area (Å²) in [5.41, 5.74) is -1.02. The number of hydrogen-bond donors (Lipinski definition) is 0. The van der Waals surface area contributed by atoms with E-state index < -0.39 is 41.9 Å². The van der Waals surface area contributed by atoms with Crippen molar-refractivity contribution in [2.24, 2.45) is 0 Å². The number of rotatable bonds is 5. The van der Waals surface area contributed by atoms with Gasteiger partial charge >= 0.3 is 12.3 Å². The molecule has 0 atom stereocenters. The van der Waals surface area contributed by atoms with Gasteiger partial charge in [-0.05, 0) is 6.92 Å². The van der Waals surface area contributed by atoms with Crippen LogP contribution >= 0.6 is 0 Å². The van der Waals surface area contributed by atoms with Crippen molar-refractivity contribution in [2.75, 3.05) is 13.7 Å². The molecule has 0 unspecified atom stereocenters. The lowest BCUT2D eigenvalue weighted by atomic mass is 10.2. The third kappa shape index (κ3) is 3.97. The van der Waals surface area contributed by atoms with Gasteiger partial charge in [-0.1, -0.05) is 0 Å². The van der Waals surface area contributed by atoms with E-state index in [4.69, 9.17) is 0 Å². The number of aromatic nitrogens is 1. The molecule has 0 aliphatic carbocycles. The zero-order valence-electron chi connectivity index (χ0n) is 10.6. The first-order valence-corrected chi connectivity index (χ1v) is 5.39. The Kier molecular flexibility index (Phi) is 5.12. The lowest BCUT2D eigenvalue weighted by Gasteiger charge is -2.15. The van der Waals surface area contributed by atoms with E-state index in [1.165, 1.54) is 6.92 Å². The molecule has 0 spiro atoms. The van der Waals surface area contributed by atoms with Gasteiger partial charge in [-0.25, -0.2) is 14.2 Å². The highest BCUT2D eigenvalue weighted by molar-refractivity contribution is 5.88. The number of halogens is 4. The molecule has 0 aromatic carbocycles. The summed E-state index contributed by atoms with van der Waals surface area (Å²) in [4.78, 5) is 15.0. The largest absolute Gasteiger partial charge is 0.573 e. The molecule has 0 radical (unpaired) electrons. The molecule has 1 rings (SSSR count). The van der Waals surface area contributed by atoms with Crippen molar-refractivity contribution < 1.29 is 36.6 Å². The number of alkyl halides is 4. The van der Waals surface area contributed by atoms with Crippen LogP contribution in [0.4, 0.5) is 17.6 Å². The molecule has 112 valence electrons. The third-order valence-corrected chi connectivity index (χ3v) is 2.08. The number of nitrogens with zero attached hydrogens (tertiary/aromatic N) is 1. The molecule has 0 N–H and O–H groups in total. The quantitative estimate of drug-likeness (QED) is 0.617. The van der Waals surface area contributed by atoms with Crippen molar-refractivity contribution in [2.45, 2.75) is 20.0 Å². The second kappa shape index (κ2) is 6.40. The van der Waals surface area contributed by atoms with Crippen LogP contribution in [0.3, 0.4) is 0 Å². The predicted molar refractivity (Wildman–Crippen MR) is 58.2 cm³/mol. The summed E-state index contributed by atoms with van der Waals surface area (Å²) in [6.07, 6.45) is -5.04. The van der Waals surface area contributed by atoms with Gasteiger partial charge in [0.2, 0.25) is 5.88 Å². The van der Waals surface area contributed by atoms with Gasteiger partial charge in [-0.15, -0.1) is 13.2 Å². The topological polar surface area (TPSA) is 57.7 Å². The average Bonchev–Trinajstić information content (AvgIpc) is 2.36. The molecule has 0 amide bonds. The summed E-state index contributed by atoms with van der Waals surface area (Å²) in [6.45, 7) is 0.214. The van der Waals surface area contributed by atoms with Gasteiger partial charge in [0.15, 0.2) is 5.69 Å². The highest BCUT2D eigenvalue weighted by atomic mass is 19.4. The Labute approximate surface area is 111 Å². The van der Waals surface area contributed by atoms with Crippen molar-refractivity contribution in [3.05, 3.63) is 17.3 Å². The fourth-order valence-corrected chi connectivity index (χ4v) is 1.34. The molecule has 1 aromatic rings. The Morgan fingerprint density at radius 2 is 2.05 bits per heavy atom. The minimum absolute atomic E-state index is 0.00313. The summed E-state index contributed by atoms with van der Waals surface area (Å²) in [5.74, 6) is -2.34. The Morgan fingerprint density at radius 1 is 1.40 bits per heavy atom. The summed E-state index contributed by atoms with van der Waals surface area (Å²) in [6, 6.07) is 0.656. The number of ether oxygens (including phenoxy) is 3. The van der Waals surface area contributed by atoms with E-state index >= 15 is 0 Å². The Balaban J connectivity index is 3.30. The number of pyridine rings is 1. The maximum absolute atomic E-state index is 12.8. The summed E-state index contributed by atoms with van der Waals surface area (Å²) >= 11 is 0. The predicted octanol–water partition coefficient (Wildman–Crippen LogP) is 2.64. The lowest BCUT2D eigenvalue weighted by molar-refractivity contribution is -0.275. The van der Waals surface area contributed by atoms with Crippen molar-refractivity contribution in [1.82, 2.24) is 4.98 Å². The number of carbonyl (C=O) groups excluding carboxylic acids is 1. The highest BCUT2D eigenvalue weighted by Crippen LogP contribution is 2.33. The van der Waals surface area contributed by atoms with E-state index in [1.807, 2.05) is 0 Å². The first kappa shape index (κ1) is 16.0. The van der Waals surface area contributed by atoms with Gasteiger partial charge in [-0.2, -0.15) is 0 Å². The normalized spacial score (nSPS) is 11.1. The van der Waals surface area contributed by atoms with Crippen LogP contribution in [0.5, 0.6) is 11.6 Å². The standard InChI is InChI=1S/C11H11F4NO4/c1-3-19-10(17)7-4-8(20-11(13,14)15)6(5-12)9(16-7)18-2/h4H,3,5H2,1-2H3. The smallest absolute Gasteiger partial charge is 0.481 e. The van der Waals surface area contributed by atoms with E-state index in [9.17, 15) is 22.4 Å². The molecular weight excluding hydrogens is 286 g/mol. The zero-order valence-corrected chi connectivity index (χ0v) is 10.6. The van der Waals surface area contributed by atoms with Crippen LogP contribution < -0.4 is 9.47 Å². The monoisotopic (exact) mass is 297 g/mol. The van der Waals surface area contributed by atoms with Crippen LogP contribution in [-0.2, 0) is 11.4 Å². The average molecular weight is 297 g/mol. The van der Waals surface area contributed by atoms with Gasteiger partial charge in [0.1, 0.15) is 12.4 Å². The fourth-order valence-electron chi connectivity index (χ4n) is 1.34. The maximum atomic E-state index is 12.8. The van der Waals surface area contributed by atoms with Crippen LogP contribution in [0.25, 0.3) is 0 Å². The molecule has 0 aliphatic rings. The maximum Gasteiger partial charge on any atom is 0.573 e. The van der Waals surface area contributed by atoms with E-state index in [2.05, 4.69) is 19.2 Å². The molecule has 0 bridgehead atoms. The molecule has 20 heavy (non-hydrogen) atoms. The second-order valence-corrected chi connectivity index (χ2v) is 3.40. The van der Waals surface area contributed by atoms with Gasteiger partial charge < -0.3 is 14.2 Å².